The number of para-hydroxylation sites is 1. The molecule has 0 unspecified atom stereocenters. The highest BCUT2D eigenvalue weighted by atomic mass is 16.5. The number of nitrogens with zero attached hydrogens (tertiary/aromatic N) is 3. The molecule has 2 aromatic carbocycles. The number of hydrogen-bond donors (Lipinski definition) is 1. The Kier molecular flexibility index (Phi) is 7.03. The van der Waals surface area contributed by atoms with Crippen molar-refractivity contribution in [1.82, 2.24) is 14.5 Å². The van der Waals surface area contributed by atoms with Crippen LogP contribution in [0.5, 0.6) is 5.75 Å². The fourth-order valence-electron chi connectivity index (χ4n) is 3.13. The van der Waals surface area contributed by atoms with Gasteiger partial charge in [-0.2, -0.15) is 0 Å². The maximum atomic E-state index is 12.4. The summed E-state index contributed by atoms with van der Waals surface area (Å²) in [5.41, 5.74) is 3.16. The second-order valence-electron chi connectivity index (χ2n) is 7.12. The van der Waals surface area contributed by atoms with Crippen molar-refractivity contribution >= 4 is 11.6 Å². The predicted octanol–water partition coefficient (Wildman–Crippen LogP) is 3.63. The summed E-state index contributed by atoms with van der Waals surface area (Å²) in [5, 5.41) is 3.01. The summed E-state index contributed by atoms with van der Waals surface area (Å²) in [5.74, 6) is 1.67. The minimum Gasteiger partial charge on any atom is -0.486 e. The molecule has 152 valence electrons. The largest absolute Gasteiger partial charge is 0.486 e. The average Bonchev–Trinajstić information content (AvgIpc) is 3.12. The molecule has 1 aromatic heterocycles. The van der Waals surface area contributed by atoms with E-state index in [0.717, 1.165) is 34.8 Å². The Morgan fingerprint density at radius 3 is 2.62 bits per heavy atom. The first-order chi connectivity index (χ1) is 14.0. The zero-order valence-electron chi connectivity index (χ0n) is 17.3. The number of imidazole rings is 1. The number of anilines is 1. The number of amides is 1. The van der Waals surface area contributed by atoms with Crippen LogP contribution in [0.15, 0.2) is 60.9 Å². The molecule has 1 N–H and O–H groups in total. The zero-order chi connectivity index (χ0) is 20.6. The lowest BCUT2D eigenvalue weighted by Crippen LogP contribution is -2.30. The van der Waals surface area contributed by atoms with Crippen molar-refractivity contribution in [2.75, 3.05) is 18.9 Å². The maximum Gasteiger partial charge on any atom is 0.238 e. The van der Waals surface area contributed by atoms with E-state index in [-0.39, 0.29) is 5.91 Å². The van der Waals surface area contributed by atoms with Crippen molar-refractivity contribution in [3.63, 3.8) is 0 Å². The van der Waals surface area contributed by atoms with Crippen molar-refractivity contribution in [1.29, 1.82) is 0 Å². The minimum atomic E-state index is -0.0107. The summed E-state index contributed by atoms with van der Waals surface area (Å²) in [6, 6.07) is 15.9. The van der Waals surface area contributed by atoms with E-state index in [1.54, 1.807) is 6.20 Å². The van der Waals surface area contributed by atoms with Crippen LogP contribution in [0.25, 0.3) is 0 Å². The summed E-state index contributed by atoms with van der Waals surface area (Å²) in [7, 11) is 3.89. The van der Waals surface area contributed by atoms with Gasteiger partial charge in [0.1, 0.15) is 18.2 Å². The van der Waals surface area contributed by atoms with Gasteiger partial charge >= 0.3 is 0 Å². The summed E-state index contributed by atoms with van der Waals surface area (Å²) in [6.45, 7) is 3.53. The van der Waals surface area contributed by atoms with E-state index in [2.05, 4.69) is 17.2 Å². The number of aryl methyl sites for hydroxylation is 2. The molecule has 0 fully saturated rings. The number of likely N-dealkylation sites (N-methyl/N-ethyl adjacent to an activating group) is 1. The molecule has 6 heteroatoms. The number of nitrogens with one attached hydrogen (secondary N) is 1. The smallest absolute Gasteiger partial charge is 0.238 e. The maximum absolute atomic E-state index is 12.4. The van der Waals surface area contributed by atoms with Crippen molar-refractivity contribution < 1.29 is 9.53 Å². The van der Waals surface area contributed by atoms with E-state index in [1.165, 1.54) is 0 Å². The van der Waals surface area contributed by atoms with Gasteiger partial charge in [0.25, 0.3) is 0 Å². The molecule has 3 rings (SSSR count). The number of rotatable bonds is 9. The third-order valence-electron chi connectivity index (χ3n) is 4.75. The minimum absolute atomic E-state index is 0.0107. The Morgan fingerprint density at radius 1 is 1.17 bits per heavy atom. The Bertz CT molecular complexity index is 934. The van der Waals surface area contributed by atoms with Gasteiger partial charge in [0, 0.05) is 31.7 Å². The lowest BCUT2D eigenvalue weighted by Gasteiger charge is -2.17. The quantitative estimate of drug-likeness (QED) is 0.604. The van der Waals surface area contributed by atoms with Crippen LogP contribution in [0.4, 0.5) is 5.69 Å². The SMILES string of the molecule is CCc1ccccc1NC(=O)CN(C)Cc1ccc(OCc2nccn2C)cc1. The standard InChI is InChI=1S/C23H28N4O2/c1-4-19-7-5-6-8-21(19)25-23(28)16-26(2)15-18-9-11-20(12-10-18)29-17-22-24-13-14-27(22)3/h5-14H,4,15-17H2,1-3H3,(H,25,28). The third-order valence-corrected chi connectivity index (χ3v) is 4.75. The predicted molar refractivity (Wildman–Crippen MR) is 115 cm³/mol. The summed E-state index contributed by atoms with van der Waals surface area (Å²) < 4.78 is 7.72. The van der Waals surface area contributed by atoms with E-state index in [4.69, 9.17) is 4.74 Å². The molecule has 0 bridgehead atoms. The molecule has 0 radical (unpaired) electrons. The van der Waals surface area contributed by atoms with Crippen molar-refractivity contribution in [3.8, 4) is 5.75 Å². The fraction of sp³-hybridized carbons (Fsp3) is 0.304. The Labute approximate surface area is 172 Å². The first-order valence-electron chi connectivity index (χ1n) is 9.79. The van der Waals surface area contributed by atoms with Crippen LogP contribution in [-0.2, 0) is 31.4 Å². The molecule has 1 amide bonds. The van der Waals surface area contributed by atoms with Gasteiger partial charge in [-0.3, -0.25) is 9.69 Å². The highest BCUT2D eigenvalue weighted by Gasteiger charge is 2.10. The van der Waals surface area contributed by atoms with Crippen LogP contribution in [-0.4, -0.2) is 34.0 Å². The second kappa shape index (κ2) is 9.89. The molecule has 1 heterocycles. The Hall–Kier alpha value is -3.12. The zero-order valence-corrected chi connectivity index (χ0v) is 17.3. The summed E-state index contributed by atoms with van der Waals surface area (Å²) in [4.78, 5) is 18.6. The van der Waals surface area contributed by atoms with E-state index >= 15 is 0 Å². The molecule has 0 spiro atoms. The molecule has 0 saturated carbocycles. The summed E-state index contributed by atoms with van der Waals surface area (Å²) >= 11 is 0. The first-order valence-corrected chi connectivity index (χ1v) is 9.79. The molecule has 0 atom stereocenters. The van der Waals surface area contributed by atoms with E-state index in [1.807, 2.05) is 78.3 Å². The van der Waals surface area contributed by atoms with Crippen LogP contribution in [0.1, 0.15) is 23.9 Å². The van der Waals surface area contributed by atoms with E-state index < -0.39 is 0 Å². The Morgan fingerprint density at radius 2 is 1.93 bits per heavy atom. The number of benzene rings is 2. The molecule has 0 saturated heterocycles. The van der Waals surface area contributed by atoms with Crippen LogP contribution in [0, 0.1) is 0 Å². The van der Waals surface area contributed by atoms with Crippen LogP contribution in [0.3, 0.4) is 0 Å². The van der Waals surface area contributed by atoms with Gasteiger partial charge < -0.3 is 14.6 Å². The second-order valence-corrected chi connectivity index (χ2v) is 7.12. The van der Waals surface area contributed by atoms with E-state index in [9.17, 15) is 4.79 Å². The number of carbonyl (C=O) groups is 1. The van der Waals surface area contributed by atoms with Gasteiger partial charge in [-0.05, 0) is 42.8 Å². The highest BCUT2D eigenvalue weighted by molar-refractivity contribution is 5.92. The molecule has 0 aliphatic rings. The average molecular weight is 393 g/mol. The molecule has 0 aliphatic heterocycles. The topological polar surface area (TPSA) is 59.4 Å². The van der Waals surface area contributed by atoms with Crippen molar-refractivity contribution in [2.45, 2.75) is 26.5 Å². The number of aromatic nitrogens is 2. The third kappa shape index (κ3) is 5.93. The number of ether oxygens (including phenoxy) is 1. The number of carbonyl (C=O) groups excluding carboxylic acids is 1. The lowest BCUT2D eigenvalue weighted by molar-refractivity contribution is -0.117. The number of hydrogen-bond acceptors (Lipinski definition) is 4. The van der Waals surface area contributed by atoms with Crippen LogP contribution in [0.2, 0.25) is 0 Å². The molecular formula is C23H28N4O2. The van der Waals surface area contributed by atoms with Crippen molar-refractivity contribution in [2.24, 2.45) is 7.05 Å². The van der Waals surface area contributed by atoms with Gasteiger partial charge in [0.05, 0.1) is 6.54 Å². The van der Waals surface area contributed by atoms with Gasteiger partial charge in [0.15, 0.2) is 0 Å². The molecule has 3 aromatic rings. The molecule has 29 heavy (non-hydrogen) atoms. The Balaban J connectivity index is 1.48. The van der Waals surface area contributed by atoms with Gasteiger partial charge in [0.2, 0.25) is 5.91 Å². The van der Waals surface area contributed by atoms with Crippen LogP contribution < -0.4 is 10.1 Å². The molecule has 0 aliphatic carbocycles. The summed E-state index contributed by atoms with van der Waals surface area (Å²) in [6.07, 6.45) is 4.55. The normalized spacial score (nSPS) is 10.9. The van der Waals surface area contributed by atoms with Gasteiger partial charge in [-0.25, -0.2) is 4.98 Å². The van der Waals surface area contributed by atoms with Gasteiger partial charge in [-0.15, -0.1) is 0 Å². The highest BCUT2D eigenvalue weighted by Crippen LogP contribution is 2.16. The molecule has 6 nitrogen and oxygen atoms in total. The first kappa shape index (κ1) is 20.6. The lowest BCUT2D eigenvalue weighted by atomic mass is 10.1. The molecular weight excluding hydrogens is 364 g/mol. The van der Waals surface area contributed by atoms with Crippen LogP contribution >= 0.6 is 0 Å². The monoisotopic (exact) mass is 392 g/mol. The van der Waals surface area contributed by atoms with E-state index in [0.29, 0.717) is 19.7 Å². The van der Waals surface area contributed by atoms with Crippen molar-refractivity contribution in [3.05, 3.63) is 77.9 Å². The van der Waals surface area contributed by atoms with Gasteiger partial charge in [-0.1, -0.05) is 37.3 Å². The fourth-order valence-corrected chi connectivity index (χ4v) is 3.13.